The van der Waals surface area contributed by atoms with Crippen LogP contribution in [0.3, 0.4) is 0 Å². The number of unbranched alkanes of at least 4 members (excludes halogenated alkanes) is 15. The number of carbonyl (C=O) groups excluding carboxylic acids is 6. The molecule has 0 aliphatic heterocycles. The second-order valence-corrected chi connectivity index (χ2v) is 17.9. The molecule has 21 nitrogen and oxygen atoms in total. The zero-order valence-electron chi connectivity index (χ0n) is 42.0. The van der Waals surface area contributed by atoms with Crippen LogP contribution in [0.2, 0.25) is 0 Å². The van der Waals surface area contributed by atoms with Crippen molar-refractivity contribution < 1.29 is 67.5 Å². The van der Waals surface area contributed by atoms with Crippen molar-refractivity contribution in [2.75, 3.05) is 92.1 Å². The van der Waals surface area contributed by atoms with Gasteiger partial charge in [-0.25, -0.2) is 4.79 Å². The molecule has 1 aliphatic rings. The van der Waals surface area contributed by atoms with E-state index in [1.807, 2.05) is 0 Å². The van der Waals surface area contributed by atoms with Crippen molar-refractivity contribution in [3.05, 3.63) is 0 Å². The van der Waals surface area contributed by atoms with Crippen LogP contribution in [-0.4, -0.2) is 156 Å². The van der Waals surface area contributed by atoms with Crippen LogP contribution in [0.4, 0.5) is 0 Å². The first-order valence-corrected chi connectivity index (χ1v) is 26.0. The van der Waals surface area contributed by atoms with Gasteiger partial charge in [0.2, 0.25) is 35.4 Å². The Kier molecular flexibility index (Phi) is 40.4. The highest BCUT2D eigenvalue weighted by molar-refractivity contribution is 5.86. The third-order valence-electron chi connectivity index (χ3n) is 11.9. The quantitative estimate of drug-likeness (QED) is 0.0396. The van der Waals surface area contributed by atoms with Gasteiger partial charge < -0.3 is 66.8 Å². The lowest BCUT2D eigenvalue weighted by Gasteiger charge is -2.28. The van der Waals surface area contributed by atoms with Crippen LogP contribution in [0.15, 0.2) is 0 Å². The fourth-order valence-electron chi connectivity index (χ4n) is 7.80. The third kappa shape index (κ3) is 39.3. The first-order valence-electron chi connectivity index (χ1n) is 26.0. The number of rotatable bonds is 47. The predicted octanol–water partition coefficient (Wildman–Crippen LogP) is 2.85. The molecule has 1 saturated carbocycles. The van der Waals surface area contributed by atoms with E-state index in [0.29, 0.717) is 25.8 Å². The SMILES string of the molecule is NCC(=O)NCCNC(=O)COCCOCCNC(=O)COCCOCCNC(=O)CC[C@H](NC(=O)C1CCC(CNC(=O)CCCCCCCCCCCCCCCCCCC(=O)O)CC1)C(=O)O. The van der Waals surface area contributed by atoms with Gasteiger partial charge >= 0.3 is 11.9 Å². The van der Waals surface area contributed by atoms with Gasteiger partial charge in [-0.3, -0.25) is 33.6 Å². The van der Waals surface area contributed by atoms with Crippen molar-refractivity contribution in [1.82, 2.24) is 31.9 Å². The minimum Gasteiger partial charge on any atom is -0.481 e. The van der Waals surface area contributed by atoms with Gasteiger partial charge in [-0.05, 0) is 50.9 Å². The summed E-state index contributed by atoms with van der Waals surface area (Å²) in [5, 5.41) is 34.5. The molecule has 6 amide bonds. The van der Waals surface area contributed by atoms with E-state index in [2.05, 4.69) is 31.9 Å². The zero-order valence-corrected chi connectivity index (χ0v) is 42.0. The fraction of sp³-hybridized carbons (Fsp3) is 0.837. The van der Waals surface area contributed by atoms with Crippen molar-refractivity contribution in [2.24, 2.45) is 17.6 Å². The molecule has 0 aromatic rings. The Balaban J connectivity index is 1.98. The summed E-state index contributed by atoms with van der Waals surface area (Å²) in [6.45, 7) is 2.28. The molecule has 1 aliphatic carbocycles. The Morgan fingerprint density at radius 1 is 0.457 bits per heavy atom. The van der Waals surface area contributed by atoms with Crippen LogP contribution in [0.1, 0.15) is 154 Å². The summed E-state index contributed by atoms with van der Waals surface area (Å²) in [6.07, 6.45) is 22.1. The lowest BCUT2D eigenvalue weighted by molar-refractivity contribution is -0.143. The van der Waals surface area contributed by atoms with Gasteiger partial charge in [-0.15, -0.1) is 0 Å². The van der Waals surface area contributed by atoms with Gasteiger partial charge in [0.1, 0.15) is 19.3 Å². The Bertz CT molecular complexity index is 1450. The molecule has 0 heterocycles. The second-order valence-electron chi connectivity index (χ2n) is 17.9. The molecule has 21 heteroatoms. The molecule has 10 N–H and O–H groups in total. The summed E-state index contributed by atoms with van der Waals surface area (Å²) in [6, 6.07) is -1.19. The highest BCUT2D eigenvalue weighted by Gasteiger charge is 2.30. The highest BCUT2D eigenvalue weighted by Crippen LogP contribution is 2.29. The van der Waals surface area contributed by atoms with E-state index in [0.717, 1.165) is 51.4 Å². The summed E-state index contributed by atoms with van der Waals surface area (Å²) in [5.41, 5.74) is 5.17. The van der Waals surface area contributed by atoms with Crippen LogP contribution in [0, 0.1) is 11.8 Å². The van der Waals surface area contributed by atoms with Gasteiger partial charge in [-0.1, -0.05) is 89.9 Å². The Labute approximate surface area is 415 Å². The molecule has 0 aromatic carbocycles. The largest absolute Gasteiger partial charge is 0.481 e. The summed E-state index contributed by atoms with van der Waals surface area (Å²) in [4.78, 5) is 94.8. The second kappa shape index (κ2) is 44.5. The number of hydrogen-bond acceptors (Lipinski definition) is 13. The first kappa shape index (κ1) is 63.6. The summed E-state index contributed by atoms with van der Waals surface area (Å²) < 4.78 is 21.2. The van der Waals surface area contributed by atoms with E-state index >= 15 is 0 Å². The molecule has 1 rings (SSSR count). The molecule has 70 heavy (non-hydrogen) atoms. The summed E-state index contributed by atoms with van der Waals surface area (Å²) in [5.74, 6) is -3.54. The van der Waals surface area contributed by atoms with Gasteiger partial charge in [0, 0.05) is 57.9 Å². The van der Waals surface area contributed by atoms with E-state index in [4.69, 9.17) is 29.8 Å². The van der Waals surface area contributed by atoms with Gasteiger partial charge in [0.05, 0.1) is 46.2 Å². The minimum atomic E-state index is -1.21. The van der Waals surface area contributed by atoms with Gasteiger partial charge in [0.25, 0.3) is 0 Å². The Hall–Kier alpha value is -4.44. The molecule has 0 aromatic heterocycles. The molecular formula is C49H89N7O14. The summed E-state index contributed by atoms with van der Waals surface area (Å²) in [7, 11) is 0. The maximum Gasteiger partial charge on any atom is 0.326 e. The van der Waals surface area contributed by atoms with Crippen molar-refractivity contribution >= 4 is 47.4 Å². The van der Waals surface area contributed by atoms with E-state index in [1.165, 1.54) is 64.2 Å². The van der Waals surface area contributed by atoms with E-state index in [1.54, 1.807) is 0 Å². The van der Waals surface area contributed by atoms with Crippen LogP contribution < -0.4 is 37.6 Å². The van der Waals surface area contributed by atoms with Crippen LogP contribution in [0.5, 0.6) is 0 Å². The number of ether oxygens (including phenoxy) is 4. The van der Waals surface area contributed by atoms with E-state index < -0.39 is 18.0 Å². The number of amides is 6. The molecule has 0 saturated heterocycles. The van der Waals surface area contributed by atoms with Gasteiger partial charge in [0.15, 0.2) is 0 Å². The molecule has 0 unspecified atom stereocenters. The standard InChI is InChI=1S/C49H89N7O14/c50-35-44(59)51-25-26-52-45(60)37-69-33-32-68-30-28-54-46(61)38-70-34-31-67-29-27-53-43(58)24-23-41(49(65)66)56-48(64)40-21-19-39(20-22-40)36-55-42(57)17-15-13-11-9-7-5-3-1-2-4-6-8-10-12-14-16-18-47(62)63/h39-41H,1-38,50H2,(H,51,59)(H,52,60)(H,53,58)(H,54,61)(H,55,57)(H,56,64)(H,62,63)(H,65,66)/t39?,40?,41-/m0/s1. The lowest BCUT2D eigenvalue weighted by Crippen LogP contribution is -2.45. The normalized spacial score (nSPS) is 14.8. The average Bonchev–Trinajstić information content (AvgIpc) is 3.34. The van der Waals surface area contributed by atoms with Gasteiger partial charge in [-0.2, -0.15) is 0 Å². The number of carbonyl (C=O) groups is 8. The minimum absolute atomic E-state index is 0.0592. The number of nitrogens with one attached hydrogen (secondary N) is 6. The number of carboxylic acids is 2. The zero-order chi connectivity index (χ0) is 51.3. The molecule has 1 atom stereocenters. The smallest absolute Gasteiger partial charge is 0.326 e. The van der Waals surface area contributed by atoms with E-state index in [9.17, 15) is 43.5 Å². The first-order chi connectivity index (χ1) is 33.9. The highest BCUT2D eigenvalue weighted by atomic mass is 16.5. The fourth-order valence-corrected chi connectivity index (χ4v) is 7.80. The average molecular weight is 1000 g/mol. The van der Waals surface area contributed by atoms with Crippen molar-refractivity contribution in [2.45, 2.75) is 160 Å². The Morgan fingerprint density at radius 3 is 1.34 bits per heavy atom. The molecule has 0 radical (unpaired) electrons. The van der Waals surface area contributed by atoms with Crippen LogP contribution in [-0.2, 0) is 57.3 Å². The molecule has 1 fully saturated rings. The maximum atomic E-state index is 13.0. The lowest BCUT2D eigenvalue weighted by atomic mass is 9.81. The molecular weight excluding hydrogens is 911 g/mol. The van der Waals surface area contributed by atoms with E-state index in [-0.39, 0.29) is 152 Å². The molecule has 404 valence electrons. The predicted molar refractivity (Wildman–Crippen MR) is 262 cm³/mol. The number of hydrogen-bond donors (Lipinski definition) is 9. The summed E-state index contributed by atoms with van der Waals surface area (Å²) >= 11 is 0. The third-order valence-corrected chi connectivity index (χ3v) is 11.9. The van der Waals surface area contributed by atoms with Crippen molar-refractivity contribution in [3.8, 4) is 0 Å². The van der Waals surface area contributed by atoms with Crippen LogP contribution >= 0.6 is 0 Å². The molecule has 0 spiro atoms. The number of nitrogens with two attached hydrogens (primary N) is 1. The monoisotopic (exact) mass is 1000 g/mol. The Morgan fingerprint density at radius 2 is 0.871 bits per heavy atom. The maximum absolute atomic E-state index is 13.0. The number of aliphatic carboxylic acids is 2. The molecule has 0 bridgehead atoms. The topological polar surface area (TPSA) is 312 Å². The number of carboxylic acid groups (broad SMARTS) is 2. The van der Waals surface area contributed by atoms with Crippen LogP contribution in [0.25, 0.3) is 0 Å². The van der Waals surface area contributed by atoms with Crippen molar-refractivity contribution in [3.63, 3.8) is 0 Å². The van der Waals surface area contributed by atoms with Crippen molar-refractivity contribution in [1.29, 1.82) is 0 Å².